The number of aromatic nitrogens is 12. The van der Waals surface area contributed by atoms with Crippen molar-refractivity contribution >= 4 is 134 Å². The Bertz CT molecular complexity index is 4160. The largest absolute Gasteiger partial charge is 0.491 e. The van der Waals surface area contributed by atoms with Crippen molar-refractivity contribution < 1.29 is 90.7 Å². The number of ether oxygens (including phenoxy) is 8. The third-order valence-electron chi connectivity index (χ3n) is 11.3. The number of nitrogens with one attached hydrogen (secondary N) is 8. The highest BCUT2D eigenvalue weighted by atomic mass is 35.5. The lowest BCUT2D eigenvalue weighted by atomic mass is 10.3. The zero-order chi connectivity index (χ0) is 76.6. The number of methoxy groups -OCH3 is 4. The Balaban J connectivity index is 0.000000249. The Labute approximate surface area is 614 Å². The minimum absolute atomic E-state index is 0.0181. The molecule has 0 spiro atoms. The van der Waals surface area contributed by atoms with Gasteiger partial charge in [0.2, 0.25) is 23.8 Å². The molecule has 40 nitrogen and oxygen atoms in total. The predicted molar refractivity (Wildman–Crippen MR) is 372 cm³/mol. The van der Waals surface area contributed by atoms with Crippen LogP contribution in [0.1, 0.15) is 23.3 Å². The van der Waals surface area contributed by atoms with Crippen LogP contribution in [0, 0.1) is 27.7 Å². The lowest BCUT2D eigenvalue weighted by molar-refractivity contribution is 0.255. The van der Waals surface area contributed by atoms with Gasteiger partial charge in [0.15, 0.2) is 0 Å². The number of sulfonamides is 4. The molecule has 0 bridgehead atoms. The summed E-state index contributed by atoms with van der Waals surface area (Å²) in [4.78, 5) is 93.5. The van der Waals surface area contributed by atoms with Crippen LogP contribution in [0.15, 0.2) is 117 Å². The Hall–Kier alpha value is -10.6. The van der Waals surface area contributed by atoms with E-state index in [4.69, 9.17) is 84.3 Å². The van der Waals surface area contributed by atoms with Gasteiger partial charge in [-0.3, -0.25) is 21.3 Å². The van der Waals surface area contributed by atoms with Crippen molar-refractivity contribution in [1.29, 1.82) is 0 Å². The van der Waals surface area contributed by atoms with E-state index in [2.05, 4.69) is 81.1 Å². The molecule has 0 radical (unpaired) electrons. The number of nitrogens with zero attached hydrogens (tertiary/aromatic N) is 12. The minimum Gasteiger partial charge on any atom is -0.491 e. The first-order chi connectivity index (χ1) is 49.4. The number of urea groups is 4. The maximum atomic E-state index is 12.4. The highest BCUT2D eigenvalue weighted by Crippen LogP contribution is 2.27. The Morgan fingerprint density at radius 1 is 0.308 bits per heavy atom. The van der Waals surface area contributed by atoms with Crippen LogP contribution in [-0.2, 0) is 40.1 Å². The highest BCUT2D eigenvalue weighted by Gasteiger charge is 2.27. The molecule has 0 aliphatic rings. The summed E-state index contributed by atoms with van der Waals surface area (Å²) in [7, 11) is -11.4. The van der Waals surface area contributed by atoms with E-state index in [0.29, 0.717) is 0 Å². The van der Waals surface area contributed by atoms with Gasteiger partial charge in [-0.15, -0.1) is 46.4 Å². The summed E-state index contributed by atoms with van der Waals surface area (Å²) >= 11 is 22.2. The van der Waals surface area contributed by atoms with E-state index in [0.717, 1.165) is 0 Å². The molecule has 0 atom stereocenters. The minimum atomic E-state index is -4.20. The summed E-state index contributed by atoms with van der Waals surface area (Å²) in [5.41, 5.74) is 0. The number of amides is 8. The Morgan fingerprint density at radius 3 is 0.663 bits per heavy atom. The molecule has 0 aliphatic heterocycles. The second-order valence-electron chi connectivity index (χ2n) is 18.9. The molecule has 104 heavy (non-hydrogen) atoms. The first-order valence-electron chi connectivity index (χ1n) is 28.9. The quantitative estimate of drug-likeness (QED) is 0.0290. The molecule has 0 saturated heterocycles. The molecule has 8 N–H and O–H groups in total. The molecule has 4 heterocycles. The molecule has 0 saturated carbocycles. The van der Waals surface area contributed by atoms with Gasteiger partial charge in [0, 0.05) is 0 Å². The van der Waals surface area contributed by atoms with Gasteiger partial charge in [0.05, 0.1) is 52.0 Å². The third-order valence-corrected chi connectivity index (χ3v) is 17.4. The van der Waals surface area contributed by atoms with Crippen molar-refractivity contribution in [3.05, 3.63) is 120 Å². The number of aryl methyl sites for hydroxylation is 4. The molecule has 48 heteroatoms. The van der Waals surface area contributed by atoms with Crippen LogP contribution in [-0.4, -0.2) is 196 Å². The number of carbonyl (C=O) groups is 4. The summed E-state index contributed by atoms with van der Waals surface area (Å²) in [5, 5.41) is 8.85. The van der Waals surface area contributed by atoms with Crippen molar-refractivity contribution in [2.24, 2.45) is 0 Å². The van der Waals surface area contributed by atoms with Crippen molar-refractivity contribution in [1.82, 2.24) is 78.7 Å². The van der Waals surface area contributed by atoms with Gasteiger partial charge in [-0.2, -0.15) is 59.8 Å². The molecule has 0 unspecified atom stereocenters. The fourth-order valence-corrected chi connectivity index (χ4v) is 11.9. The predicted octanol–water partition coefficient (Wildman–Crippen LogP) is 5.27. The zero-order valence-corrected chi connectivity index (χ0v) is 61.9. The zero-order valence-electron chi connectivity index (χ0n) is 55.6. The van der Waals surface area contributed by atoms with Crippen LogP contribution in [0.25, 0.3) is 0 Å². The van der Waals surface area contributed by atoms with Gasteiger partial charge in [-0.25, -0.2) is 71.7 Å². The van der Waals surface area contributed by atoms with Crippen LogP contribution in [0.5, 0.6) is 47.0 Å². The molecule has 0 fully saturated rings. The molecule has 4 aromatic carbocycles. The van der Waals surface area contributed by atoms with Gasteiger partial charge in [-0.05, 0) is 76.2 Å². The number of carbonyl (C=O) groups excluding carboxylic acids is 4. The summed E-state index contributed by atoms with van der Waals surface area (Å²) < 4.78 is 148. The van der Waals surface area contributed by atoms with Gasteiger partial charge in [0.1, 0.15) is 92.3 Å². The van der Waals surface area contributed by atoms with E-state index < -0.39 is 64.2 Å². The van der Waals surface area contributed by atoms with Crippen LogP contribution < -0.4 is 78.1 Å². The van der Waals surface area contributed by atoms with E-state index in [1.807, 2.05) is 18.9 Å². The third kappa shape index (κ3) is 27.3. The monoisotopic (exact) mass is 1600 g/mol. The van der Waals surface area contributed by atoms with E-state index in [1.165, 1.54) is 101 Å². The van der Waals surface area contributed by atoms with Crippen molar-refractivity contribution in [3.63, 3.8) is 0 Å². The maximum absolute atomic E-state index is 12.4. The fraction of sp³-hybridized carbons (Fsp3) is 0.286. The molecular weight excluding hydrogens is 1540 g/mol. The van der Waals surface area contributed by atoms with Gasteiger partial charge >= 0.3 is 48.2 Å². The Morgan fingerprint density at radius 2 is 0.490 bits per heavy atom. The first kappa shape index (κ1) is 84.0. The standard InChI is InChI=1S/4C14H16ClN5O5S/c4*1-9-16-12(19-14(17-9)24-2)18-13(21)20-26(22,23)11-6-4-3-5-10(11)25-8-7-15/h4*3-6H,7-8H2,1-2H3,(H2,16,17,18,19,20,21). The number of rotatable bonds is 28. The highest BCUT2D eigenvalue weighted by molar-refractivity contribution is 7.91. The number of alkyl halides is 4. The van der Waals surface area contributed by atoms with Gasteiger partial charge in [-0.1, -0.05) is 48.5 Å². The summed E-state index contributed by atoms with van der Waals surface area (Å²) in [6.07, 6.45) is 0. The summed E-state index contributed by atoms with van der Waals surface area (Å²) in [6.45, 7) is 6.72. The van der Waals surface area contributed by atoms with E-state index >= 15 is 0 Å². The summed E-state index contributed by atoms with van der Waals surface area (Å²) in [5.74, 6) is 1.55. The maximum Gasteiger partial charge on any atom is 0.335 e. The SMILES string of the molecule is COc1nc(C)nc(NC(=O)NS(=O)(=O)c2ccccc2OCCCl)n1.COc1nc(C)nc(NC(=O)NS(=O)(=O)c2ccccc2OCCCl)n1.COc1nc(C)nc(NC(=O)NS(=O)(=O)c2ccccc2OCCCl)n1.COc1nc(C)nc(NC(=O)NS(=O)(=O)c2ccccc2OCCCl)n1. The van der Waals surface area contributed by atoms with E-state index in [-0.39, 0.29) is 164 Å². The topological polar surface area (TPSA) is 530 Å². The van der Waals surface area contributed by atoms with Crippen molar-refractivity contribution in [2.45, 2.75) is 47.3 Å². The normalized spacial score (nSPS) is 10.9. The van der Waals surface area contributed by atoms with E-state index in [1.54, 1.807) is 52.0 Å². The van der Waals surface area contributed by atoms with Gasteiger partial charge < -0.3 is 37.9 Å². The summed E-state index contributed by atoms with van der Waals surface area (Å²) in [6, 6.07) is 19.2. The van der Waals surface area contributed by atoms with Crippen LogP contribution in [0.4, 0.5) is 43.0 Å². The lowest BCUT2D eigenvalue weighted by Gasteiger charge is -2.12. The van der Waals surface area contributed by atoms with Gasteiger partial charge in [0.25, 0.3) is 40.1 Å². The molecule has 0 aliphatic carbocycles. The number of para-hydroxylation sites is 4. The molecule has 560 valence electrons. The average Bonchev–Trinajstić information content (AvgIpc) is 0.826. The van der Waals surface area contributed by atoms with Crippen molar-refractivity contribution in [3.8, 4) is 47.0 Å². The second-order valence-corrected chi connectivity index (χ2v) is 27.1. The number of halogens is 4. The molecule has 8 rings (SSSR count). The molecule has 4 aromatic heterocycles. The molecule has 8 aromatic rings. The van der Waals surface area contributed by atoms with Crippen LogP contribution >= 0.6 is 46.4 Å². The molecular formula is C56H64Cl4N20O20S4. The second kappa shape index (κ2) is 40.9. The van der Waals surface area contributed by atoms with Crippen LogP contribution in [0.2, 0.25) is 0 Å². The van der Waals surface area contributed by atoms with Crippen LogP contribution in [0.3, 0.4) is 0 Å². The Kier molecular flexibility index (Phi) is 33.0. The fourth-order valence-electron chi connectivity index (χ4n) is 7.39. The average molecular weight is 1610 g/mol. The first-order valence-corrected chi connectivity index (χ1v) is 37.0. The van der Waals surface area contributed by atoms with Crippen molar-refractivity contribution in [2.75, 3.05) is 99.7 Å². The van der Waals surface area contributed by atoms with E-state index in [9.17, 15) is 52.8 Å². The number of anilines is 4. The lowest BCUT2D eigenvalue weighted by Crippen LogP contribution is -2.35. The number of benzene rings is 4. The number of hydrogen-bond donors (Lipinski definition) is 8. The number of hydrogen-bond acceptors (Lipinski definition) is 32. The smallest absolute Gasteiger partial charge is 0.335 e. The molecule has 8 amide bonds.